The van der Waals surface area contributed by atoms with Gasteiger partial charge >= 0.3 is 0 Å². The smallest absolute Gasteiger partial charge is 0.0619 e. The minimum absolute atomic E-state index is 0.670. The second kappa shape index (κ2) is 18.3. The van der Waals surface area contributed by atoms with Gasteiger partial charge in [0, 0.05) is 0 Å². The monoisotopic (exact) mass is 1030 g/mol. The topological polar surface area (TPSA) is 0 Å². The van der Waals surface area contributed by atoms with Crippen LogP contribution in [0.5, 0.6) is 0 Å². The normalized spacial score (nSPS) is 14.3. The van der Waals surface area contributed by atoms with E-state index < -0.39 is 16.2 Å². The number of benzene rings is 12. The van der Waals surface area contributed by atoms with Crippen molar-refractivity contribution < 1.29 is 0 Å². The van der Waals surface area contributed by atoms with Gasteiger partial charge in [-0.3, -0.25) is 0 Å². The fourth-order valence-electron chi connectivity index (χ4n) is 15.2. The van der Waals surface area contributed by atoms with Crippen molar-refractivity contribution >= 4 is 0 Å². The lowest BCUT2D eigenvalue weighted by Gasteiger charge is -2.39. The number of rotatable bonds is 8. The Balaban J connectivity index is 1.18. The van der Waals surface area contributed by atoms with Crippen molar-refractivity contribution in [2.45, 2.75) is 57.8 Å². The highest BCUT2D eigenvalue weighted by atomic mass is 14.5. The van der Waals surface area contributed by atoms with Crippen LogP contribution in [0.1, 0.15) is 100 Å². The number of hydrogen-bond donors (Lipinski definition) is 0. The number of hydrogen-bond acceptors (Lipinski definition) is 0. The van der Waals surface area contributed by atoms with Crippen molar-refractivity contribution in [3.05, 3.63) is 367 Å². The highest BCUT2D eigenvalue weighted by molar-refractivity contribution is 6.05. The Morgan fingerprint density at radius 2 is 0.395 bits per heavy atom. The lowest BCUT2D eigenvalue weighted by molar-refractivity contribution is 0.760. The molecule has 15 rings (SSSR count). The first-order valence-corrected chi connectivity index (χ1v) is 28.8. The largest absolute Gasteiger partial charge is 0.0719 e. The van der Waals surface area contributed by atoms with Crippen LogP contribution in [0, 0.1) is 41.5 Å². The molecule has 0 amide bonds. The van der Waals surface area contributed by atoms with E-state index in [1.165, 1.54) is 156 Å². The van der Waals surface area contributed by atoms with Gasteiger partial charge in [-0.2, -0.15) is 0 Å². The SMILES string of the molecule is Cc1ccc(C2(c3ccc(C)cc3)c3ccccc3-c3cccc(-c4ccc5c(c4-c4cccc6c4C(c4ccc(C)cc4)(c4ccc(C)cc4)c4ccccc4-6)C(c4ccc(C)cc4)(c4ccc(C)cc4)c4ccccc4-5)c32)cc1. The van der Waals surface area contributed by atoms with Crippen molar-refractivity contribution in [2.24, 2.45) is 0 Å². The fraction of sp³-hybridized carbons (Fsp3) is 0.111. The summed E-state index contributed by atoms with van der Waals surface area (Å²) < 4.78 is 0. The number of fused-ring (bicyclic) bond motifs is 9. The van der Waals surface area contributed by atoms with Crippen molar-refractivity contribution in [1.82, 2.24) is 0 Å². The molecule has 0 spiro atoms. The molecule has 0 heteroatoms. The molecule has 0 saturated carbocycles. The van der Waals surface area contributed by atoms with E-state index in [0.29, 0.717) is 0 Å². The lowest BCUT2D eigenvalue weighted by atomic mass is 9.62. The maximum absolute atomic E-state index is 2.51. The summed E-state index contributed by atoms with van der Waals surface area (Å²) in [5.41, 5.74) is 33.2. The molecule has 81 heavy (non-hydrogen) atoms. The fourth-order valence-corrected chi connectivity index (χ4v) is 15.2. The van der Waals surface area contributed by atoms with Crippen molar-refractivity contribution in [3.63, 3.8) is 0 Å². The molecule has 3 aliphatic carbocycles. The first-order chi connectivity index (χ1) is 39.6. The minimum atomic E-state index is -0.741. The Hall–Kier alpha value is -9.36. The van der Waals surface area contributed by atoms with Gasteiger partial charge in [0.1, 0.15) is 0 Å². The van der Waals surface area contributed by atoms with Crippen LogP contribution in [0.15, 0.2) is 267 Å². The van der Waals surface area contributed by atoms with Crippen LogP contribution in [-0.2, 0) is 16.2 Å². The standard InChI is InChI=1S/C81H62/c1-51-25-37-57(38-26-51)79(58-39-27-52(2)28-40-58)72-22-10-7-15-63(72)67-18-13-20-69(76(67)79)66-49-50-70-65-17-9-12-24-74(65)81(61-45-33-55(5)34-46-61,62-47-35-56(6)36-48-62)78(70)75(66)71-21-14-19-68-64-16-8-11-23-73(64)80(77(68)71,59-41-29-53(3)30-42-59)60-43-31-54(4)32-44-60/h7-50H,1-6H3. The van der Waals surface area contributed by atoms with Crippen LogP contribution in [-0.4, -0.2) is 0 Å². The Kier molecular flexibility index (Phi) is 11.0. The minimum Gasteiger partial charge on any atom is -0.0619 e. The van der Waals surface area contributed by atoms with Gasteiger partial charge < -0.3 is 0 Å². The summed E-state index contributed by atoms with van der Waals surface area (Å²) in [6, 6.07) is 104. The summed E-state index contributed by atoms with van der Waals surface area (Å²) in [4.78, 5) is 0. The maximum atomic E-state index is 2.51. The second-order valence-corrected chi connectivity index (χ2v) is 23.4. The zero-order valence-corrected chi connectivity index (χ0v) is 46.9. The molecule has 0 nitrogen and oxygen atoms in total. The summed E-state index contributed by atoms with van der Waals surface area (Å²) in [6.07, 6.45) is 0. The van der Waals surface area contributed by atoms with Crippen molar-refractivity contribution in [3.8, 4) is 55.6 Å². The summed E-state index contributed by atoms with van der Waals surface area (Å²) >= 11 is 0. The van der Waals surface area contributed by atoms with Crippen LogP contribution < -0.4 is 0 Å². The van der Waals surface area contributed by atoms with Gasteiger partial charge in [-0.15, -0.1) is 0 Å². The van der Waals surface area contributed by atoms with Gasteiger partial charge in [0.25, 0.3) is 0 Å². The molecule has 3 aliphatic rings. The zero-order valence-electron chi connectivity index (χ0n) is 46.9. The molecule has 0 atom stereocenters. The molecular weight excluding hydrogens is 973 g/mol. The summed E-state index contributed by atoms with van der Waals surface area (Å²) in [5.74, 6) is 0. The lowest BCUT2D eigenvalue weighted by Crippen LogP contribution is -2.31. The maximum Gasteiger partial charge on any atom is 0.0719 e. The average Bonchev–Trinajstić information content (AvgIpc) is 3.16. The summed E-state index contributed by atoms with van der Waals surface area (Å²) in [7, 11) is 0. The average molecular weight is 1040 g/mol. The van der Waals surface area contributed by atoms with E-state index in [0.717, 1.165) is 0 Å². The van der Waals surface area contributed by atoms with Gasteiger partial charge in [0.05, 0.1) is 16.2 Å². The molecule has 12 aromatic rings. The molecule has 0 saturated heterocycles. The molecule has 0 aliphatic heterocycles. The third-order valence-electron chi connectivity index (χ3n) is 18.8. The van der Waals surface area contributed by atoms with Crippen molar-refractivity contribution in [2.75, 3.05) is 0 Å². The predicted octanol–water partition coefficient (Wildman–Crippen LogP) is 20.0. The van der Waals surface area contributed by atoms with Crippen LogP contribution in [0.25, 0.3) is 55.6 Å². The zero-order chi connectivity index (χ0) is 54.8. The van der Waals surface area contributed by atoms with Gasteiger partial charge in [-0.25, -0.2) is 0 Å². The Morgan fingerprint density at radius 1 is 0.173 bits per heavy atom. The molecule has 386 valence electrons. The molecule has 0 N–H and O–H groups in total. The van der Waals surface area contributed by atoms with E-state index in [1.807, 2.05) is 0 Å². The van der Waals surface area contributed by atoms with Crippen LogP contribution in [0.4, 0.5) is 0 Å². The third-order valence-corrected chi connectivity index (χ3v) is 18.8. The van der Waals surface area contributed by atoms with E-state index in [9.17, 15) is 0 Å². The summed E-state index contributed by atoms with van der Waals surface area (Å²) in [6.45, 7) is 13.3. The highest BCUT2D eigenvalue weighted by Gasteiger charge is 2.53. The number of aryl methyl sites for hydroxylation is 6. The molecule has 0 radical (unpaired) electrons. The van der Waals surface area contributed by atoms with Gasteiger partial charge in [-0.1, -0.05) is 300 Å². The van der Waals surface area contributed by atoms with E-state index in [2.05, 4.69) is 308 Å². The first kappa shape index (κ1) is 48.7. The molecule has 0 fully saturated rings. The molecule has 0 bridgehead atoms. The Labute approximate surface area is 477 Å². The Morgan fingerprint density at radius 3 is 0.716 bits per heavy atom. The molecule has 0 aromatic heterocycles. The van der Waals surface area contributed by atoms with E-state index in [1.54, 1.807) is 0 Å². The van der Waals surface area contributed by atoms with Gasteiger partial charge in [0.2, 0.25) is 0 Å². The van der Waals surface area contributed by atoms with Crippen LogP contribution >= 0.6 is 0 Å². The second-order valence-electron chi connectivity index (χ2n) is 23.4. The van der Waals surface area contributed by atoms with Gasteiger partial charge in [-0.05, 0) is 164 Å². The molecular formula is C81H62. The van der Waals surface area contributed by atoms with Crippen LogP contribution in [0.3, 0.4) is 0 Å². The quantitative estimate of drug-likeness (QED) is 0.142. The third kappa shape index (κ3) is 6.84. The van der Waals surface area contributed by atoms with E-state index >= 15 is 0 Å². The predicted molar refractivity (Wildman–Crippen MR) is 338 cm³/mol. The highest BCUT2D eigenvalue weighted by Crippen LogP contribution is 2.66. The van der Waals surface area contributed by atoms with E-state index in [4.69, 9.17) is 0 Å². The van der Waals surface area contributed by atoms with Gasteiger partial charge in [0.15, 0.2) is 0 Å². The molecule has 0 heterocycles. The van der Waals surface area contributed by atoms with Crippen molar-refractivity contribution in [1.29, 1.82) is 0 Å². The molecule has 0 unspecified atom stereocenters. The van der Waals surface area contributed by atoms with E-state index in [-0.39, 0.29) is 0 Å². The molecule has 12 aromatic carbocycles. The van der Waals surface area contributed by atoms with Crippen LogP contribution in [0.2, 0.25) is 0 Å². The first-order valence-electron chi connectivity index (χ1n) is 28.8. The Bertz CT molecular complexity index is 4320. The summed E-state index contributed by atoms with van der Waals surface area (Å²) in [5, 5.41) is 0.